The first-order chi connectivity index (χ1) is 10.8. The Hall–Kier alpha value is -1.94. The molecule has 0 saturated heterocycles. The van der Waals surface area contributed by atoms with Crippen LogP contribution in [-0.2, 0) is 19.4 Å². The molecule has 0 radical (unpaired) electrons. The lowest BCUT2D eigenvalue weighted by Gasteiger charge is -2.13. The summed E-state index contributed by atoms with van der Waals surface area (Å²) in [6.07, 6.45) is 4.96. The van der Waals surface area contributed by atoms with Crippen molar-refractivity contribution in [1.29, 1.82) is 0 Å². The molecular formula is C18H19N3S. The van der Waals surface area contributed by atoms with Crippen molar-refractivity contribution >= 4 is 27.4 Å². The van der Waals surface area contributed by atoms with Crippen LogP contribution in [0.4, 0.5) is 5.82 Å². The molecule has 0 amide bonds. The van der Waals surface area contributed by atoms with E-state index in [0.717, 1.165) is 23.0 Å². The first kappa shape index (κ1) is 13.7. The number of anilines is 1. The van der Waals surface area contributed by atoms with E-state index in [1.807, 2.05) is 24.3 Å². The monoisotopic (exact) mass is 309 g/mol. The Morgan fingerprint density at radius 1 is 1.09 bits per heavy atom. The van der Waals surface area contributed by atoms with Gasteiger partial charge in [-0.05, 0) is 43.7 Å². The van der Waals surface area contributed by atoms with Crippen LogP contribution >= 0.6 is 11.3 Å². The van der Waals surface area contributed by atoms with Gasteiger partial charge in [0, 0.05) is 11.4 Å². The molecule has 1 aliphatic carbocycles. The number of aromatic nitrogens is 2. The van der Waals surface area contributed by atoms with Crippen molar-refractivity contribution in [2.24, 2.45) is 0 Å². The van der Waals surface area contributed by atoms with Gasteiger partial charge in [0.05, 0.1) is 5.39 Å². The molecule has 1 aliphatic rings. The largest absolute Gasteiger partial charge is 0.365 e. The predicted molar refractivity (Wildman–Crippen MR) is 92.6 cm³/mol. The topological polar surface area (TPSA) is 37.8 Å². The first-order valence-electron chi connectivity index (χ1n) is 7.88. The van der Waals surface area contributed by atoms with E-state index in [-0.39, 0.29) is 0 Å². The summed E-state index contributed by atoms with van der Waals surface area (Å²) in [5, 5.41) is 4.80. The third-order valence-corrected chi connectivity index (χ3v) is 5.41. The molecule has 2 heterocycles. The van der Waals surface area contributed by atoms with Gasteiger partial charge in [0.2, 0.25) is 0 Å². The molecule has 3 nitrogen and oxygen atoms in total. The Kier molecular flexibility index (Phi) is 3.54. The molecule has 1 aromatic carbocycles. The second-order valence-electron chi connectivity index (χ2n) is 5.85. The van der Waals surface area contributed by atoms with Crippen LogP contribution in [-0.4, -0.2) is 9.97 Å². The number of aryl methyl sites for hydroxylation is 3. The van der Waals surface area contributed by atoms with Crippen LogP contribution in [0, 0.1) is 6.92 Å². The lowest BCUT2D eigenvalue weighted by Crippen LogP contribution is -2.05. The highest BCUT2D eigenvalue weighted by atomic mass is 32.1. The Balaban J connectivity index is 1.74. The number of fused-ring (bicyclic) bond motifs is 3. The standard InChI is InChI=1S/C18H19N3S/c1-12-20-17(19-11-13-7-3-2-4-8-13)16-14-9-5-6-10-15(14)22-18(16)21-12/h2-4,7-8H,5-6,9-11H2,1H3,(H,19,20,21). The van der Waals surface area contributed by atoms with Crippen LogP contribution < -0.4 is 5.32 Å². The maximum atomic E-state index is 4.68. The van der Waals surface area contributed by atoms with Gasteiger partial charge in [0.25, 0.3) is 0 Å². The van der Waals surface area contributed by atoms with E-state index in [1.54, 1.807) is 0 Å². The molecule has 0 aliphatic heterocycles. The third kappa shape index (κ3) is 2.48. The van der Waals surface area contributed by atoms with Crippen molar-refractivity contribution in [1.82, 2.24) is 9.97 Å². The minimum Gasteiger partial charge on any atom is -0.365 e. The van der Waals surface area contributed by atoms with Gasteiger partial charge in [-0.25, -0.2) is 9.97 Å². The normalized spacial score (nSPS) is 14.0. The molecule has 22 heavy (non-hydrogen) atoms. The molecule has 0 fully saturated rings. The van der Waals surface area contributed by atoms with Crippen molar-refractivity contribution in [2.45, 2.75) is 39.2 Å². The molecular weight excluding hydrogens is 290 g/mol. The minimum atomic E-state index is 0.803. The zero-order chi connectivity index (χ0) is 14.9. The molecule has 2 aromatic heterocycles. The maximum Gasteiger partial charge on any atom is 0.139 e. The van der Waals surface area contributed by atoms with Crippen LogP contribution in [0.5, 0.6) is 0 Å². The highest BCUT2D eigenvalue weighted by molar-refractivity contribution is 7.19. The molecule has 0 bridgehead atoms. The van der Waals surface area contributed by atoms with Gasteiger partial charge >= 0.3 is 0 Å². The average molecular weight is 309 g/mol. The van der Waals surface area contributed by atoms with E-state index in [2.05, 4.69) is 39.6 Å². The predicted octanol–water partition coefficient (Wildman–Crippen LogP) is 4.49. The SMILES string of the molecule is Cc1nc(NCc2ccccc2)c2c3c(sc2n1)CCCC3. The molecule has 4 rings (SSSR count). The summed E-state index contributed by atoms with van der Waals surface area (Å²) in [7, 11) is 0. The number of nitrogens with one attached hydrogen (secondary N) is 1. The summed E-state index contributed by atoms with van der Waals surface area (Å²) >= 11 is 1.86. The average Bonchev–Trinajstić information content (AvgIpc) is 2.91. The van der Waals surface area contributed by atoms with Crippen LogP contribution in [0.15, 0.2) is 30.3 Å². The molecule has 112 valence electrons. The molecule has 0 saturated carbocycles. The minimum absolute atomic E-state index is 0.803. The molecule has 4 heteroatoms. The number of nitrogens with zero attached hydrogens (tertiary/aromatic N) is 2. The Morgan fingerprint density at radius 2 is 1.91 bits per heavy atom. The van der Waals surface area contributed by atoms with Crippen molar-refractivity contribution in [3.63, 3.8) is 0 Å². The summed E-state index contributed by atoms with van der Waals surface area (Å²) in [6, 6.07) is 10.5. The second kappa shape index (κ2) is 5.69. The molecule has 3 aromatic rings. The van der Waals surface area contributed by atoms with Crippen LogP contribution in [0.1, 0.15) is 34.7 Å². The smallest absolute Gasteiger partial charge is 0.139 e. The Morgan fingerprint density at radius 3 is 2.77 bits per heavy atom. The maximum absolute atomic E-state index is 4.68. The number of hydrogen-bond acceptors (Lipinski definition) is 4. The van der Waals surface area contributed by atoms with E-state index in [1.165, 1.54) is 47.1 Å². The fourth-order valence-electron chi connectivity index (χ4n) is 3.17. The fraction of sp³-hybridized carbons (Fsp3) is 0.333. The highest BCUT2D eigenvalue weighted by Gasteiger charge is 2.20. The molecule has 0 spiro atoms. The van der Waals surface area contributed by atoms with Gasteiger partial charge in [-0.2, -0.15) is 0 Å². The van der Waals surface area contributed by atoms with Gasteiger partial charge in [0.1, 0.15) is 16.5 Å². The molecule has 0 unspecified atom stereocenters. The fourth-order valence-corrected chi connectivity index (χ4v) is 4.48. The summed E-state index contributed by atoms with van der Waals surface area (Å²) in [5.74, 6) is 1.85. The Labute approximate surface area is 134 Å². The van der Waals surface area contributed by atoms with E-state index < -0.39 is 0 Å². The van der Waals surface area contributed by atoms with Crippen molar-refractivity contribution in [3.8, 4) is 0 Å². The lowest BCUT2D eigenvalue weighted by atomic mass is 9.97. The summed E-state index contributed by atoms with van der Waals surface area (Å²) in [6.45, 7) is 2.78. The third-order valence-electron chi connectivity index (χ3n) is 4.23. The van der Waals surface area contributed by atoms with E-state index in [9.17, 15) is 0 Å². The van der Waals surface area contributed by atoms with Crippen molar-refractivity contribution in [3.05, 3.63) is 52.2 Å². The van der Waals surface area contributed by atoms with Gasteiger partial charge in [-0.15, -0.1) is 11.3 Å². The van der Waals surface area contributed by atoms with Gasteiger partial charge in [-0.1, -0.05) is 30.3 Å². The van der Waals surface area contributed by atoms with Gasteiger partial charge in [0.15, 0.2) is 0 Å². The van der Waals surface area contributed by atoms with E-state index in [0.29, 0.717) is 0 Å². The number of thiophene rings is 1. The second-order valence-corrected chi connectivity index (χ2v) is 6.93. The number of benzene rings is 1. The van der Waals surface area contributed by atoms with Crippen molar-refractivity contribution < 1.29 is 0 Å². The lowest BCUT2D eigenvalue weighted by molar-refractivity contribution is 0.700. The highest BCUT2D eigenvalue weighted by Crippen LogP contribution is 2.38. The first-order valence-corrected chi connectivity index (χ1v) is 8.69. The summed E-state index contributed by atoms with van der Waals surface area (Å²) in [4.78, 5) is 12.0. The zero-order valence-corrected chi connectivity index (χ0v) is 13.5. The zero-order valence-electron chi connectivity index (χ0n) is 12.7. The van der Waals surface area contributed by atoms with Gasteiger partial charge in [-0.3, -0.25) is 0 Å². The van der Waals surface area contributed by atoms with Crippen LogP contribution in [0.3, 0.4) is 0 Å². The van der Waals surface area contributed by atoms with Crippen molar-refractivity contribution in [2.75, 3.05) is 5.32 Å². The quantitative estimate of drug-likeness (QED) is 0.774. The number of hydrogen-bond donors (Lipinski definition) is 1. The van der Waals surface area contributed by atoms with Crippen LogP contribution in [0.2, 0.25) is 0 Å². The van der Waals surface area contributed by atoms with E-state index in [4.69, 9.17) is 0 Å². The van der Waals surface area contributed by atoms with Gasteiger partial charge < -0.3 is 5.32 Å². The van der Waals surface area contributed by atoms with Crippen LogP contribution in [0.25, 0.3) is 10.2 Å². The molecule has 1 N–H and O–H groups in total. The summed E-state index contributed by atoms with van der Waals surface area (Å²) in [5.41, 5.74) is 2.76. The van der Waals surface area contributed by atoms with E-state index >= 15 is 0 Å². The molecule has 0 atom stereocenters. The summed E-state index contributed by atoms with van der Waals surface area (Å²) < 4.78 is 0. The Bertz CT molecular complexity index is 808. The number of rotatable bonds is 3.